The fourth-order valence-electron chi connectivity index (χ4n) is 1.89. The van der Waals surface area contributed by atoms with E-state index < -0.39 is 0 Å². The molecular formula is C13H16O4. The molecule has 0 amide bonds. The Morgan fingerprint density at radius 3 is 3.06 bits per heavy atom. The summed E-state index contributed by atoms with van der Waals surface area (Å²) in [5.74, 6) is 1.17. The van der Waals surface area contributed by atoms with E-state index >= 15 is 0 Å². The predicted octanol–water partition coefficient (Wildman–Crippen LogP) is 1.81. The van der Waals surface area contributed by atoms with Gasteiger partial charge in [0.1, 0.15) is 18.1 Å². The summed E-state index contributed by atoms with van der Waals surface area (Å²) in [6.07, 6.45) is 0.665. The van der Waals surface area contributed by atoms with Gasteiger partial charge in [0.2, 0.25) is 0 Å². The average Bonchev–Trinajstić information content (AvgIpc) is 2.37. The van der Waals surface area contributed by atoms with Crippen LogP contribution in [0, 0.1) is 5.92 Å². The lowest BCUT2D eigenvalue weighted by molar-refractivity contribution is -0.149. The zero-order valence-electron chi connectivity index (χ0n) is 10.1. The van der Waals surface area contributed by atoms with Crippen molar-refractivity contribution in [1.29, 1.82) is 0 Å². The lowest BCUT2D eigenvalue weighted by Gasteiger charge is -2.24. The Morgan fingerprint density at radius 1 is 1.53 bits per heavy atom. The highest BCUT2D eigenvalue weighted by atomic mass is 16.5. The van der Waals surface area contributed by atoms with Crippen LogP contribution in [0.2, 0.25) is 0 Å². The van der Waals surface area contributed by atoms with Gasteiger partial charge in [-0.3, -0.25) is 4.79 Å². The molecular weight excluding hydrogens is 220 g/mol. The first-order valence-electron chi connectivity index (χ1n) is 5.71. The average molecular weight is 236 g/mol. The summed E-state index contributed by atoms with van der Waals surface area (Å²) in [6, 6.07) is 5.64. The van der Waals surface area contributed by atoms with Crippen LogP contribution in [-0.4, -0.2) is 26.3 Å². The molecule has 1 aliphatic heterocycles. The van der Waals surface area contributed by atoms with Crippen molar-refractivity contribution in [2.45, 2.75) is 13.3 Å². The molecule has 1 aromatic carbocycles. The molecule has 0 bridgehead atoms. The van der Waals surface area contributed by atoms with E-state index in [4.69, 9.17) is 14.2 Å². The van der Waals surface area contributed by atoms with E-state index in [1.165, 1.54) is 0 Å². The van der Waals surface area contributed by atoms with Crippen molar-refractivity contribution in [3.05, 3.63) is 23.8 Å². The molecule has 0 fully saturated rings. The van der Waals surface area contributed by atoms with Crippen LogP contribution < -0.4 is 9.47 Å². The second-order valence-corrected chi connectivity index (χ2v) is 3.94. The van der Waals surface area contributed by atoms with Gasteiger partial charge in [-0.2, -0.15) is 0 Å². The number of hydrogen-bond donors (Lipinski definition) is 0. The summed E-state index contributed by atoms with van der Waals surface area (Å²) in [6.45, 7) is 2.59. The van der Waals surface area contributed by atoms with E-state index in [0.717, 1.165) is 17.1 Å². The first-order chi connectivity index (χ1) is 8.24. The highest BCUT2D eigenvalue weighted by Gasteiger charge is 2.27. The minimum absolute atomic E-state index is 0.186. The third-order valence-electron chi connectivity index (χ3n) is 2.80. The summed E-state index contributed by atoms with van der Waals surface area (Å²) in [4.78, 5) is 11.6. The van der Waals surface area contributed by atoms with Crippen LogP contribution in [0.4, 0.5) is 0 Å². The fourth-order valence-corrected chi connectivity index (χ4v) is 1.89. The maximum atomic E-state index is 11.6. The molecule has 0 unspecified atom stereocenters. The molecule has 0 spiro atoms. The minimum atomic E-state index is -0.198. The third kappa shape index (κ3) is 2.52. The number of carbonyl (C=O) groups excluding carboxylic acids is 1. The van der Waals surface area contributed by atoms with Crippen molar-refractivity contribution in [1.82, 2.24) is 0 Å². The minimum Gasteiger partial charge on any atom is -0.497 e. The Labute approximate surface area is 100 Å². The van der Waals surface area contributed by atoms with Gasteiger partial charge in [-0.15, -0.1) is 0 Å². The van der Waals surface area contributed by atoms with Crippen LogP contribution >= 0.6 is 0 Å². The second-order valence-electron chi connectivity index (χ2n) is 3.94. The number of benzene rings is 1. The zero-order valence-corrected chi connectivity index (χ0v) is 10.1. The second kappa shape index (κ2) is 5.08. The van der Waals surface area contributed by atoms with Crippen LogP contribution in [-0.2, 0) is 16.0 Å². The largest absolute Gasteiger partial charge is 0.497 e. The monoisotopic (exact) mass is 236 g/mol. The molecule has 2 rings (SSSR count). The van der Waals surface area contributed by atoms with Crippen LogP contribution in [0.25, 0.3) is 0 Å². The van der Waals surface area contributed by atoms with Gasteiger partial charge in [0, 0.05) is 6.07 Å². The summed E-state index contributed by atoms with van der Waals surface area (Å²) in [7, 11) is 1.62. The molecule has 1 atom stereocenters. The molecule has 0 aliphatic carbocycles. The Balaban J connectivity index is 2.11. The van der Waals surface area contributed by atoms with Crippen LogP contribution in [0.3, 0.4) is 0 Å². The normalized spacial score (nSPS) is 17.9. The van der Waals surface area contributed by atoms with E-state index in [2.05, 4.69) is 0 Å². The van der Waals surface area contributed by atoms with E-state index in [0.29, 0.717) is 19.6 Å². The Bertz CT molecular complexity index is 414. The van der Waals surface area contributed by atoms with Crippen molar-refractivity contribution in [3.63, 3.8) is 0 Å². The number of ether oxygens (including phenoxy) is 3. The summed E-state index contributed by atoms with van der Waals surface area (Å²) < 4.78 is 15.7. The number of rotatable bonds is 3. The number of carbonyl (C=O) groups is 1. The first-order valence-corrected chi connectivity index (χ1v) is 5.71. The number of esters is 1. The van der Waals surface area contributed by atoms with E-state index in [1.807, 2.05) is 18.2 Å². The first kappa shape index (κ1) is 11.8. The molecule has 1 aliphatic rings. The number of hydrogen-bond acceptors (Lipinski definition) is 4. The van der Waals surface area contributed by atoms with Crippen LogP contribution in [0.5, 0.6) is 11.5 Å². The van der Waals surface area contributed by atoms with E-state index in [1.54, 1.807) is 14.0 Å². The maximum absolute atomic E-state index is 11.6. The van der Waals surface area contributed by atoms with Gasteiger partial charge in [-0.1, -0.05) is 6.07 Å². The molecule has 4 heteroatoms. The lowest BCUT2D eigenvalue weighted by Crippen LogP contribution is -2.29. The Kier molecular flexibility index (Phi) is 3.52. The molecule has 0 aromatic heterocycles. The number of methoxy groups -OCH3 is 1. The smallest absolute Gasteiger partial charge is 0.312 e. The van der Waals surface area contributed by atoms with E-state index in [-0.39, 0.29) is 11.9 Å². The van der Waals surface area contributed by atoms with Crippen molar-refractivity contribution in [2.24, 2.45) is 5.92 Å². The molecule has 0 saturated heterocycles. The summed E-state index contributed by atoms with van der Waals surface area (Å²) >= 11 is 0. The predicted molar refractivity (Wildman–Crippen MR) is 62.3 cm³/mol. The molecule has 4 nitrogen and oxygen atoms in total. The molecule has 92 valence electrons. The van der Waals surface area contributed by atoms with Gasteiger partial charge in [0.05, 0.1) is 19.6 Å². The standard InChI is InChI=1S/C13H16O4/c1-3-16-13(14)10-6-9-4-5-11(15-2)7-12(9)17-8-10/h4-5,7,10H,3,6,8H2,1-2H3/t10-/m1/s1. The van der Waals surface area contributed by atoms with Gasteiger partial charge >= 0.3 is 5.97 Å². The van der Waals surface area contributed by atoms with Crippen molar-refractivity contribution in [3.8, 4) is 11.5 Å². The molecule has 1 heterocycles. The van der Waals surface area contributed by atoms with Crippen LogP contribution in [0.1, 0.15) is 12.5 Å². The topological polar surface area (TPSA) is 44.8 Å². The van der Waals surface area contributed by atoms with Crippen molar-refractivity contribution < 1.29 is 19.0 Å². The quantitative estimate of drug-likeness (QED) is 0.751. The van der Waals surface area contributed by atoms with Gasteiger partial charge in [-0.05, 0) is 25.0 Å². The zero-order chi connectivity index (χ0) is 12.3. The Morgan fingerprint density at radius 2 is 2.35 bits per heavy atom. The SMILES string of the molecule is CCOC(=O)[C@H]1COc2cc(OC)ccc2C1. The van der Waals surface area contributed by atoms with Crippen molar-refractivity contribution in [2.75, 3.05) is 20.3 Å². The van der Waals surface area contributed by atoms with Gasteiger partial charge < -0.3 is 14.2 Å². The van der Waals surface area contributed by atoms with Gasteiger partial charge in [0.15, 0.2) is 0 Å². The molecule has 0 N–H and O–H groups in total. The van der Waals surface area contributed by atoms with E-state index in [9.17, 15) is 4.79 Å². The highest BCUT2D eigenvalue weighted by molar-refractivity contribution is 5.73. The van der Waals surface area contributed by atoms with Crippen molar-refractivity contribution >= 4 is 5.97 Å². The Hall–Kier alpha value is -1.71. The summed E-state index contributed by atoms with van der Waals surface area (Å²) in [5, 5.41) is 0. The van der Waals surface area contributed by atoms with Crippen LogP contribution in [0.15, 0.2) is 18.2 Å². The molecule has 17 heavy (non-hydrogen) atoms. The molecule has 0 saturated carbocycles. The maximum Gasteiger partial charge on any atom is 0.312 e. The van der Waals surface area contributed by atoms with Gasteiger partial charge in [-0.25, -0.2) is 0 Å². The van der Waals surface area contributed by atoms with Gasteiger partial charge in [0.25, 0.3) is 0 Å². The highest BCUT2D eigenvalue weighted by Crippen LogP contribution is 2.31. The molecule has 1 aromatic rings. The molecule has 0 radical (unpaired) electrons. The fraction of sp³-hybridized carbons (Fsp3) is 0.462. The number of fused-ring (bicyclic) bond motifs is 1. The summed E-state index contributed by atoms with van der Waals surface area (Å²) in [5.41, 5.74) is 1.02. The lowest BCUT2D eigenvalue weighted by atomic mass is 9.97. The third-order valence-corrected chi connectivity index (χ3v) is 2.80.